The normalized spacial score (nSPS) is 20.7. The lowest BCUT2D eigenvalue weighted by Crippen LogP contribution is -2.36. The van der Waals surface area contributed by atoms with E-state index in [1.165, 1.54) is 4.80 Å². The molecule has 2 unspecified atom stereocenters. The number of aryl methyl sites for hydroxylation is 3. The van der Waals surface area contributed by atoms with Gasteiger partial charge in [0.25, 0.3) is 5.95 Å². The van der Waals surface area contributed by atoms with Crippen molar-refractivity contribution in [3.8, 4) is 0 Å². The van der Waals surface area contributed by atoms with E-state index in [1.54, 1.807) is 11.9 Å². The first-order chi connectivity index (χ1) is 20.0. The molecule has 43 heavy (non-hydrogen) atoms. The monoisotopic (exact) mass is 612 g/mol. The second-order valence-electron chi connectivity index (χ2n) is 11.7. The van der Waals surface area contributed by atoms with Gasteiger partial charge < -0.3 is 19.3 Å². The number of alkyl halides is 6. The Morgan fingerprint density at radius 2 is 1.67 bits per heavy atom. The van der Waals surface area contributed by atoms with Crippen molar-refractivity contribution in [2.75, 3.05) is 29.5 Å². The minimum atomic E-state index is -4.96. The Labute approximate surface area is 245 Å². The van der Waals surface area contributed by atoms with Gasteiger partial charge in [-0.25, -0.2) is 0 Å². The number of hydrogen-bond acceptors (Lipinski definition) is 7. The molecule has 2 atom stereocenters. The number of ether oxygens (including phenoxy) is 2. The highest BCUT2D eigenvalue weighted by Gasteiger charge is 2.39. The van der Waals surface area contributed by atoms with Crippen LogP contribution in [-0.2, 0) is 35.4 Å². The molecular formula is C29H34F6N6O2. The van der Waals surface area contributed by atoms with Crippen LogP contribution in [0.15, 0.2) is 30.3 Å². The van der Waals surface area contributed by atoms with Gasteiger partial charge in [-0.05, 0) is 80.6 Å². The summed E-state index contributed by atoms with van der Waals surface area (Å²) < 4.78 is 94.1. The number of aromatic nitrogens is 4. The van der Waals surface area contributed by atoms with Crippen LogP contribution in [0.1, 0.15) is 66.1 Å². The van der Waals surface area contributed by atoms with Crippen molar-refractivity contribution in [3.05, 3.63) is 63.7 Å². The molecular weight excluding hydrogens is 578 g/mol. The topological polar surface area (TPSA) is 68.5 Å². The summed E-state index contributed by atoms with van der Waals surface area (Å²) in [6.07, 6.45) is -8.87. The van der Waals surface area contributed by atoms with Crippen LogP contribution in [0.5, 0.6) is 0 Å². The van der Waals surface area contributed by atoms with Crippen LogP contribution in [0.25, 0.3) is 0 Å². The van der Waals surface area contributed by atoms with E-state index in [0.29, 0.717) is 32.5 Å². The summed E-state index contributed by atoms with van der Waals surface area (Å²) in [6.45, 7) is 9.00. The minimum absolute atomic E-state index is 0.103. The van der Waals surface area contributed by atoms with Crippen molar-refractivity contribution >= 4 is 11.6 Å². The Balaban J connectivity index is 1.59. The zero-order valence-electron chi connectivity index (χ0n) is 24.6. The molecule has 5 rings (SSSR count). The summed E-state index contributed by atoms with van der Waals surface area (Å²) >= 11 is 0. The van der Waals surface area contributed by atoms with Crippen LogP contribution in [-0.4, -0.2) is 51.8 Å². The van der Waals surface area contributed by atoms with Crippen molar-refractivity contribution in [1.29, 1.82) is 0 Å². The molecule has 234 valence electrons. The van der Waals surface area contributed by atoms with Gasteiger partial charge in [-0.3, -0.25) is 0 Å². The number of halogens is 6. The fourth-order valence-electron chi connectivity index (χ4n) is 6.04. The summed E-state index contributed by atoms with van der Waals surface area (Å²) in [5.74, 6) is -0.593. The number of hydrogen-bond donors (Lipinski definition) is 0. The fourth-order valence-corrected chi connectivity index (χ4v) is 6.04. The van der Waals surface area contributed by atoms with Crippen molar-refractivity contribution in [3.63, 3.8) is 0 Å². The van der Waals surface area contributed by atoms with E-state index < -0.39 is 35.3 Å². The molecule has 2 aliphatic rings. The fraction of sp³-hybridized carbons (Fsp3) is 0.552. The summed E-state index contributed by atoms with van der Waals surface area (Å²) in [5.41, 5.74) is 0.871. The standard InChI is InChI=1S/C29H34F6N6O2/c1-17-9-18(2)25-23(10-17)24(7-6-8-40(25)15-22-16-42-27(3,4)43-22)41(26-36-38-39(5)37-26)14-19-11-20(28(30,31)32)13-21(12-19)29(33,34)35/h9-13,22,24H,6-8,14-16H2,1-5H3. The average molecular weight is 613 g/mol. The summed E-state index contributed by atoms with van der Waals surface area (Å²) in [7, 11) is 1.54. The van der Waals surface area contributed by atoms with Crippen molar-refractivity contribution < 1.29 is 35.8 Å². The number of nitrogens with zero attached hydrogens (tertiary/aromatic N) is 6. The van der Waals surface area contributed by atoms with Gasteiger partial charge in [0.1, 0.15) is 6.10 Å². The first-order valence-electron chi connectivity index (χ1n) is 14.0. The van der Waals surface area contributed by atoms with Crippen LogP contribution in [0, 0.1) is 13.8 Å². The van der Waals surface area contributed by atoms with E-state index in [9.17, 15) is 26.3 Å². The average Bonchev–Trinajstić information content (AvgIpc) is 3.41. The molecule has 0 spiro atoms. The van der Waals surface area contributed by atoms with Crippen LogP contribution in [0.3, 0.4) is 0 Å². The highest BCUT2D eigenvalue weighted by atomic mass is 19.4. The number of benzene rings is 2. The maximum Gasteiger partial charge on any atom is 0.416 e. The van der Waals surface area contributed by atoms with Gasteiger partial charge in [-0.1, -0.05) is 22.8 Å². The highest BCUT2D eigenvalue weighted by Crippen LogP contribution is 2.43. The number of rotatable bonds is 6. The molecule has 0 aliphatic carbocycles. The molecule has 0 N–H and O–H groups in total. The Hall–Kier alpha value is -3.39. The largest absolute Gasteiger partial charge is 0.416 e. The number of anilines is 2. The smallest absolute Gasteiger partial charge is 0.368 e. The minimum Gasteiger partial charge on any atom is -0.368 e. The van der Waals surface area contributed by atoms with Gasteiger partial charge in [0.15, 0.2) is 5.79 Å². The Morgan fingerprint density at radius 1 is 1.00 bits per heavy atom. The molecule has 8 nitrogen and oxygen atoms in total. The van der Waals surface area contributed by atoms with E-state index in [4.69, 9.17) is 9.47 Å². The Kier molecular flexibility index (Phi) is 8.14. The number of fused-ring (bicyclic) bond motifs is 1. The summed E-state index contributed by atoms with van der Waals surface area (Å²) in [4.78, 5) is 5.09. The third-order valence-electron chi connectivity index (χ3n) is 7.68. The zero-order valence-corrected chi connectivity index (χ0v) is 24.6. The molecule has 2 aliphatic heterocycles. The quantitative estimate of drug-likeness (QED) is 0.300. The van der Waals surface area contributed by atoms with Crippen LogP contribution in [0.2, 0.25) is 0 Å². The van der Waals surface area contributed by atoms with E-state index in [1.807, 2.05) is 33.8 Å². The SMILES string of the molecule is Cc1cc(C)c2c(c1)C(N(Cc1cc(C(F)(F)F)cc(C(F)(F)F)c1)c1nnn(C)n1)CCCN2CC1COC(C)(C)O1. The maximum absolute atomic E-state index is 13.7. The van der Waals surface area contributed by atoms with Gasteiger partial charge in [0, 0.05) is 25.3 Å². The summed E-state index contributed by atoms with van der Waals surface area (Å²) in [5, 5.41) is 12.4. The molecule has 2 aromatic carbocycles. The van der Waals surface area contributed by atoms with Crippen LogP contribution < -0.4 is 9.80 Å². The number of tetrazole rings is 1. The molecule has 14 heteroatoms. The lowest BCUT2D eigenvalue weighted by atomic mass is 9.94. The van der Waals surface area contributed by atoms with Crippen LogP contribution >= 0.6 is 0 Å². The van der Waals surface area contributed by atoms with Crippen molar-refractivity contribution in [2.45, 2.75) is 77.4 Å². The first kappa shape index (κ1) is 31.0. The van der Waals surface area contributed by atoms with Crippen LogP contribution in [0.4, 0.5) is 38.0 Å². The maximum atomic E-state index is 13.7. The van der Waals surface area contributed by atoms with Gasteiger partial charge in [-0.2, -0.15) is 31.1 Å². The molecule has 1 aromatic heterocycles. The van der Waals surface area contributed by atoms with Gasteiger partial charge >= 0.3 is 12.4 Å². The van der Waals surface area contributed by atoms with Gasteiger partial charge in [0.05, 0.1) is 30.8 Å². The van der Waals surface area contributed by atoms with E-state index in [0.717, 1.165) is 34.5 Å². The van der Waals surface area contributed by atoms with E-state index >= 15 is 0 Å². The first-order valence-corrected chi connectivity index (χ1v) is 14.0. The van der Waals surface area contributed by atoms with Crippen molar-refractivity contribution in [1.82, 2.24) is 20.2 Å². The lowest BCUT2D eigenvalue weighted by molar-refractivity contribution is -0.143. The lowest BCUT2D eigenvalue weighted by Gasteiger charge is -2.34. The third-order valence-corrected chi connectivity index (χ3v) is 7.68. The van der Waals surface area contributed by atoms with Crippen molar-refractivity contribution in [2.24, 2.45) is 7.05 Å². The molecule has 1 fully saturated rings. The Bertz CT molecular complexity index is 1440. The predicted molar refractivity (Wildman–Crippen MR) is 146 cm³/mol. The molecule has 0 bridgehead atoms. The second-order valence-corrected chi connectivity index (χ2v) is 11.7. The third kappa shape index (κ3) is 6.90. The summed E-state index contributed by atoms with van der Waals surface area (Å²) in [6, 6.07) is 5.24. The zero-order chi connectivity index (χ0) is 31.3. The molecule has 3 aromatic rings. The van der Waals surface area contributed by atoms with Gasteiger partial charge in [0.2, 0.25) is 0 Å². The molecule has 0 amide bonds. The molecule has 0 saturated carbocycles. The highest BCUT2D eigenvalue weighted by molar-refractivity contribution is 5.64. The molecule has 0 radical (unpaired) electrons. The Morgan fingerprint density at radius 3 is 2.23 bits per heavy atom. The second kappa shape index (κ2) is 11.3. The molecule has 3 heterocycles. The van der Waals surface area contributed by atoms with E-state index in [-0.39, 0.29) is 30.2 Å². The van der Waals surface area contributed by atoms with Gasteiger partial charge in [-0.15, -0.1) is 5.10 Å². The molecule has 1 saturated heterocycles. The predicted octanol–water partition coefficient (Wildman–Crippen LogP) is 6.36. The van der Waals surface area contributed by atoms with E-state index in [2.05, 4.69) is 26.4 Å².